The van der Waals surface area contributed by atoms with Crippen LogP contribution in [-0.2, 0) is 6.42 Å². The first-order chi connectivity index (χ1) is 8.74. The number of hydrogen-bond acceptors (Lipinski definition) is 2. The van der Waals surface area contributed by atoms with Crippen LogP contribution in [0.4, 0.5) is 0 Å². The number of piperidine rings is 1. The van der Waals surface area contributed by atoms with E-state index in [1.807, 2.05) is 0 Å². The van der Waals surface area contributed by atoms with E-state index >= 15 is 0 Å². The first-order valence-electron chi connectivity index (χ1n) is 7.21. The van der Waals surface area contributed by atoms with Gasteiger partial charge in [0.15, 0.2) is 0 Å². The number of benzene rings is 1. The van der Waals surface area contributed by atoms with Crippen molar-refractivity contribution in [2.75, 3.05) is 13.1 Å². The summed E-state index contributed by atoms with van der Waals surface area (Å²) >= 11 is 0. The van der Waals surface area contributed by atoms with Crippen molar-refractivity contribution in [3.63, 3.8) is 0 Å². The maximum Gasteiger partial charge on any atom is 0.0700 e. The van der Waals surface area contributed by atoms with Gasteiger partial charge in [-0.2, -0.15) is 0 Å². The van der Waals surface area contributed by atoms with Gasteiger partial charge < -0.3 is 10.4 Å². The second kappa shape index (κ2) is 6.35. The fourth-order valence-corrected chi connectivity index (χ4v) is 3.07. The molecule has 0 bridgehead atoms. The van der Waals surface area contributed by atoms with E-state index in [-0.39, 0.29) is 0 Å². The van der Waals surface area contributed by atoms with Gasteiger partial charge in [0.25, 0.3) is 0 Å². The lowest BCUT2D eigenvalue weighted by Gasteiger charge is -2.40. The van der Waals surface area contributed by atoms with E-state index in [0.717, 1.165) is 45.2 Å². The SMILES string of the molecule is CCC1CNCCC1(O)CCCc1ccccc1. The Morgan fingerprint density at radius 3 is 2.83 bits per heavy atom. The van der Waals surface area contributed by atoms with Gasteiger partial charge in [-0.05, 0) is 50.1 Å². The molecule has 0 spiro atoms. The highest BCUT2D eigenvalue weighted by Crippen LogP contribution is 2.31. The highest BCUT2D eigenvalue weighted by atomic mass is 16.3. The van der Waals surface area contributed by atoms with Crippen LogP contribution < -0.4 is 5.32 Å². The number of hydrogen-bond donors (Lipinski definition) is 2. The molecule has 100 valence electrons. The molecule has 2 unspecified atom stereocenters. The number of aryl methyl sites for hydroxylation is 1. The zero-order valence-corrected chi connectivity index (χ0v) is 11.4. The van der Waals surface area contributed by atoms with E-state index in [0.29, 0.717) is 5.92 Å². The van der Waals surface area contributed by atoms with Gasteiger partial charge in [0.2, 0.25) is 0 Å². The molecule has 0 radical (unpaired) electrons. The fraction of sp³-hybridized carbons (Fsp3) is 0.625. The first kappa shape index (κ1) is 13.6. The molecule has 0 amide bonds. The molecular weight excluding hydrogens is 222 g/mol. The minimum absolute atomic E-state index is 0.419. The topological polar surface area (TPSA) is 32.3 Å². The summed E-state index contributed by atoms with van der Waals surface area (Å²) in [7, 11) is 0. The second-order valence-electron chi connectivity index (χ2n) is 5.50. The molecule has 1 aromatic rings. The molecule has 1 heterocycles. The molecule has 2 N–H and O–H groups in total. The Bertz CT molecular complexity index is 351. The highest BCUT2D eigenvalue weighted by Gasteiger charge is 2.36. The van der Waals surface area contributed by atoms with Crippen molar-refractivity contribution in [2.45, 2.75) is 44.6 Å². The van der Waals surface area contributed by atoms with Crippen LogP contribution in [0.25, 0.3) is 0 Å². The maximum atomic E-state index is 10.8. The molecule has 2 rings (SSSR count). The number of rotatable bonds is 5. The van der Waals surface area contributed by atoms with Crippen LogP contribution in [0.15, 0.2) is 30.3 Å². The van der Waals surface area contributed by atoms with Gasteiger partial charge in [-0.25, -0.2) is 0 Å². The Hall–Kier alpha value is -0.860. The van der Waals surface area contributed by atoms with Crippen LogP contribution in [0.2, 0.25) is 0 Å². The summed E-state index contributed by atoms with van der Waals surface area (Å²) in [4.78, 5) is 0. The van der Waals surface area contributed by atoms with Gasteiger partial charge in [0.05, 0.1) is 5.60 Å². The third-order valence-corrected chi connectivity index (χ3v) is 4.30. The normalized spacial score (nSPS) is 28.2. The lowest BCUT2D eigenvalue weighted by molar-refractivity contribution is -0.0499. The molecule has 1 aliphatic rings. The van der Waals surface area contributed by atoms with E-state index < -0.39 is 5.60 Å². The van der Waals surface area contributed by atoms with Crippen LogP contribution in [-0.4, -0.2) is 23.8 Å². The molecule has 1 fully saturated rings. The highest BCUT2D eigenvalue weighted by molar-refractivity contribution is 5.14. The molecule has 2 atom stereocenters. The molecule has 2 nitrogen and oxygen atoms in total. The molecule has 1 saturated heterocycles. The molecule has 0 saturated carbocycles. The lowest BCUT2D eigenvalue weighted by Crippen LogP contribution is -2.50. The van der Waals surface area contributed by atoms with E-state index in [2.05, 4.69) is 42.6 Å². The third kappa shape index (κ3) is 3.33. The summed E-state index contributed by atoms with van der Waals surface area (Å²) in [6, 6.07) is 10.6. The zero-order valence-electron chi connectivity index (χ0n) is 11.4. The smallest absolute Gasteiger partial charge is 0.0700 e. The summed E-state index contributed by atoms with van der Waals surface area (Å²) in [5, 5.41) is 14.2. The first-order valence-corrected chi connectivity index (χ1v) is 7.21. The minimum Gasteiger partial charge on any atom is -0.390 e. The summed E-state index contributed by atoms with van der Waals surface area (Å²) < 4.78 is 0. The predicted octanol–water partition coefficient (Wildman–Crippen LogP) is 2.76. The van der Waals surface area contributed by atoms with Crippen LogP contribution in [0.3, 0.4) is 0 Å². The van der Waals surface area contributed by atoms with Crippen LogP contribution in [0.5, 0.6) is 0 Å². The Morgan fingerprint density at radius 2 is 2.11 bits per heavy atom. The second-order valence-corrected chi connectivity index (χ2v) is 5.50. The molecule has 18 heavy (non-hydrogen) atoms. The molecule has 0 aromatic heterocycles. The average Bonchev–Trinajstić information content (AvgIpc) is 2.40. The van der Waals surface area contributed by atoms with Crippen LogP contribution >= 0.6 is 0 Å². The molecule has 1 aliphatic heterocycles. The Kier molecular flexibility index (Phi) is 4.79. The minimum atomic E-state index is -0.436. The van der Waals surface area contributed by atoms with Gasteiger partial charge in [-0.1, -0.05) is 37.3 Å². The van der Waals surface area contributed by atoms with E-state index in [1.54, 1.807) is 0 Å². The number of aliphatic hydroxyl groups is 1. The predicted molar refractivity (Wildman–Crippen MR) is 75.6 cm³/mol. The monoisotopic (exact) mass is 247 g/mol. The van der Waals surface area contributed by atoms with E-state index in [9.17, 15) is 5.11 Å². The Labute approximate surface area is 110 Å². The van der Waals surface area contributed by atoms with Crippen molar-refractivity contribution >= 4 is 0 Å². The molecule has 0 aliphatic carbocycles. The van der Waals surface area contributed by atoms with Crippen molar-refractivity contribution in [1.29, 1.82) is 0 Å². The van der Waals surface area contributed by atoms with Gasteiger partial charge in [0, 0.05) is 6.54 Å². The Morgan fingerprint density at radius 1 is 1.33 bits per heavy atom. The van der Waals surface area contributed by atoms with Gasteiger partial charge in [-0.15, -0.1) is 0 Å². The van der Waals surface area contributed by atoms with Crippen molar-refractivity contribution in [3.8, 4) is 0 Å². The number of nitrogens with one attached hydrogen (secondary N) is 1. The quantitative estimate of drug-likeness (QED) is 0.838. The Balaban J connectivity index is 1.84. The molecule has 2 heteroatoms. The summed E-state index contributed by atoms with van der Waals surface area (Å²) in [6.45, 7) is 4.11. The van der Waals surface area contributed by atoms with Crippen molar-refractivity contribution in [2.24, 2.45) is 5.92 Å². The maximum absolute atomic E-state index is 10.8. The summed E-state index contributed by atoms with van der Waals surface area (Å²) in [5.74, 6) is 0.419. The van der Waals surface area contributed by atoms with Crippen LogP contribution in [0, 0.1) is 5.92 Å². The van der Waals surface area contributed by atoms with Crippen molar-refractivity contribution in [1.82, 2.24) is 5.32 Å². The van der Waals surface area contributed by atoms with E-state index in [4.69, 9.17) is 0 Å². The van der Waals surface area contributed by atoms with Gasteiger partial charge in [-0.3, -0.25) is 0 Å². The summed E-state index contributed by atoms with van der Waals surface area (Å²) in [6.07, 6.45) is 5.06. The van der Waals surface area contributed by atoms with Crippen molar-refractivity contribution in [3.05, 3.63) is 35.9 Å². The summed E-state index contributed by atoms with van der Waals surface area (Å²) in [5.41, 5.74) is 0.942. The standard InChI is InChI=1S/C16H25NO/c1-2-15-13-17-12-11-16(15,18)10-6-9-14-7-4-3-5-8-14/h3-5,7-8,15,17-18H,2,6,9-13H2,1H3. The zero-order chi connectivity index (χ0) is 12.8. The molecular formula is C16H25NO. The van der Waals surface area contributed by atoms with E-state index in [1.165, 1.54) is 5.56 Å². The largest absolute Gasteiger partial charge is 0.390 e. The lowest BCUT2D eigenvalue weighted by atomic mass is 9.76. The average molecular weight is 247 g/mol. The van der Waals surface area contributed by atoms with Crippen molar-refractivity contribution < 1.29 is 5.11 Å². The molecule has 1 aromatic carbocycles. The van der Waals surface area contributed by atoms with Gasteiger partial charge in [0.1, 0.15) is 0 Å². The van der Waals surface area contributed by atoms with Crippen LogP contribution in [0.1, 0.15) is 38.2 Å². The third-order valence-electron chi connectivity index (χ3n) is 4.30. The van der Waals surface area contributed by atoms with Gasteiger partial charge >= 0.3 is 0 Å². The fourth-order valence-electron chi connectivity index (χ4n) is 3.07.